The normalized spacial score (nSPS) is 12.7. The average molecular weight is 314 g/mol. The van der Waals surface area contributed by atoms with E-state index in [9.17, 15) is 9.50 Å². The summed E-state index contributed by atoms with van der Waals surface area (Å²) in [6.07, 6.45) is 1.27. The Morgan fingerprint density at radius 1 is 1.50 bits per heavy atom. The van der Waals surface area contributed by atoms with Gasteiger partial charge < -0.3 is 5.11 Å². The zero-order chi connectivity index (χ0) is 13.1. The maximum Gasteiger partial charge on any atom is 0.130 e. The molecule has 0 saturated heterocycles. The number of rotatable bonds is 4. The molecule has 0 aliphatic rings. The molecule has 96 valence electrons. The molecule has 18 heavy (non-hydrogen) atoms. The molecule has 0 amide bonds. The second-order valence-corrected chi connectivity index (χ2v) is 4.87. The van der Waals surface area contributed by atoms with E-state index >= 15 is 0 Å². The highest BCUT2D eigenvalue weighted by Gasteiger charge is 2.19. The van der Waals surface area contributed by atoms with Crippen LogP contribution in [0.2, 0.25) is 0 Å². The van der Waals surface area contributed by atoms with Crippen LogP contribution < -0.4 is 0 Å². The van der Waals surface area contributed by atoms with E-state index in [1.807, 2.05) is 6.92 Å². The number of nitrogens with zero attached hydrogens (tertiary/aromatic N) is 3. The van der Waals surface area contributed by atoms with Gasteiger partial charge in [0.25, 0.3) is 0 Å². The monoisotopic (exact) mass is 313 g/mol. The lowest BCUT2D eigenvalue weighted by atomic mass is 10.1. The standard InChI is InChI=1S/C12H13BrFN3O/c1-2-5-17-11(7-15-16-17)12(18)9-4-3-8(13)6-10(9)14/h3-4,6-7,12,18H,2,5H2,1H3. The van der Waals surface area contributed by atoms with Crippen LogP contribution in [0.1, 0.15) is 30.7 Å². The Morgan fingerprint density at radius 2 is 2.28 bits per heavy atom. The molecular formula is C12H13BrFN3O. The van der Waals surface area contributed by atoms with Crippen molar-refractivity contribution < 1.29 is 9.50 Å². The molecule has 1 aromatic heterocycles. The Morgan fingerprint density at radius 3 is 2.94 bits per heavy atom. The zero-order valence-electron chi connectivity index (χ0n) is 9.85. The molecule has 0 radical (unpaired) electrons. The van der Waals surface area contributed by atoms with Gasteiger partial charge in [-0.05, 0) is 18.6 Å². The number of aliphatic hydroxyl groups excluding tert-OH is 1. The molecule has 1 N–H and O–H groups in total. The molecule has 2 aromatic rings. The van der Waals surface area contributed by atoms with Crippen LogP contribution in [0.3, 0.4) is 0 Å². The second kappa shape index (κ2) is 5.58. The SMILES string of the molecule is CCCn1nncc1C(O)c1ccc(Br)cc1F. The minimum absolute atomic E-state index is 0.220. The van der Waals surface area contributed by atoms with Crippen molar-refractivity contribution in [1.29, 1.82) is 0 Å². The molecule has 1 heterocycles. The average Bonchev–Trinajstić information content (AvgIpc) is 2.77. The summed E-state index contributed by atoms with van der Waals surface area (Å²) in [6, 6.07) is 4.56. The van der Waals surface area contributed by atoms with E-state index in [1.54, 1.807) is 16.8 Å². The van der Waals surface area contributed by atoms with Crippen LogP contribution in [-0.2, 0) is 6.54 Å². The molecule has 4 nitrogen and oxygen atoms in total. The zero-order valence-corrected chi connectivity index (χ0v) is 11.4. The van der Waals surface area contributed by atoms with E-state index in [2.05, 4.69) is 26.2 Å². The topological polar surface area (TPSA) is 50.9 Å². The number of aromatic nitrogens is 3. The summed E-state index contributed by atoms with van der Waals surface area (Å²) < 4.78 is 16.0. The maximum absolute atomic E-state index is 13.8. The van der Waals surface area contributed by atoms with Gasteiger partial charge in [0.1, 0.15) is 11.9 Å². The molecule has 1 aromatic carbocycles. The van der Waals surface area contributed by atoms with E-state index in [-0.39, 0.29) is 5.56 Å². The number of aryl methyl sites for hydroxylation is 1. The van der Waals surface area contributed by atoms with E-state index in [1.165, 1.54) is 12.3 Å². The first-order valence-corrected chi connectivity index (χ1v) is 6.44. The van der Waals surface area contributed by atoms with Gasteiger partial charge in [-0.2, -0.15) is 0 Å². The van der Waals surface area contributed by atoms with Crippen LogP contribution in [-0.4, -0.2) is 20.1 Å². The van der Waals surface area contributed by atoms with Crippen molar-refractivity contribution in [3.63, 3.8) is 0 Å². The molecule has 0 fully saturated rings. The van der Waals surface area contributed by atoms with Gasteiger partial charge in [0.05, 0.1) is 11.9 Å². The van der Waals surface area contributed by atoms with Gasteiger partial charge in [-0.1, -0.05) is 34.1 Å². The number of hydrogen-bond acceptors (Lipinski definition) is 3. The fraction of sp³-hybridized carbons (Fsp3) is 0.333. The Kier molecular flexibility index (Phi) is 4.08. The van der Waals surface area contributed by atoms with Crippen molar-refractivity contribution in [3.05, 3.63) is 45.9 Å². The lowest BCUT2D eigenvalue weighted by Gasteiger charge is -2.13. The van der Waals surface area contributed by atoms with Crippen molar-refractivity contribution >= 4 is 15.9 Å². The molecule has 6 heteroatoms. The van der Waals surface area contributed by atoms with Crippen LogP contribution >= 0.6 is 15.9 Å². The van der Waals surface area contributed by atoms with Crippen LogP contribution in [0, 0.1) is 5.82 Å². The number of aliphatic hydroxyl groups is 1. The summed E-state index contributed by atoms with van der Waals surface area (Å²) in [5.41, 5.74) is 0.718. The number of halogens is 2. The minimum Gasteiger partial charge on any atom is -0.382 e. The van der Waals surface area contributed by atoms with E-state index in [0.717, 1.165) is 6.42 Å². The van der Waals surface area contributed by atoms with Crippen molar-refractivity contribution in [2.24, 2.45) is 0 Å². The van der Waals surface area contributed by atoms with E-state index in [4.69, 9.17) is 0 Å². The molecule has 0 saturated carbocycles. The van der Waals surface area contributed by atoms with Crippen molar-refractivity contribution in [3.8, 4) is 0 Å². The molecule has 0 aliphatic carbocycles. The third kappa shape index (κ3) is 2.59. The van der Waals surface area contributed by atoms with Gasteiger partial charge in [-0.25, -0.2) is 9.07 Å². The van der Waals surface area contributed by atoms with Gasteiger partial charge in [0.15, 0.2) is 0 Å². The predicted octanol–water partition coefficient (Wildman–Crippen LogP) is 2.67. The summed E-state index contributed by atoms with van der Waals surface area (Å²) in [7, 11) is 0. The van der Waals surface area contributed by atoms with Crippen LogP contribution in [0.4, 0.5) is 4.39 Å². The first-order chi connectivity index (χ1) is 8.63. The first-order valence-electron chi connectivity index (χ1n) is 5.65. The molecule has 0 spiro atoms. The summed E-state index contributed by atoms with van der Waals surface area (Å²) in [5, 5.41) is 17.8. The van der Waals surface area contributed by atoms with Crippen molar-refractivity contribution in [2.45, 2.75) is 26.0 Å². The van der Waals surface area contributed by atoms with Gasteiger partial charge in [0.2, 0.25) is 0 Å². The molecule has 0 aliphatic heterocycles. The lowest BCUT2D eigenvalue weighted by Crippen LogP contribution is -2.11. The van der Waals surface area contributed by atoms with E-state index < -0.39 is 11.9 Å². The van der Waals surface area contributed by atoms with Crippen LogP contribution in [0.5, 0.6) is 0 Å². The third-order valence-corrected chi connectivity index (χ3v) is 3.11. The van der Waals surface area contributed by atoms with Gasteiger partial charge >= 0.3 is 0 Å². The second-order valence-electron chi connectivity index (χ2n) is 3.95. The van der Waals surface area contributed by atoms with Crippen LogP contribution in [0.15, 0.2) is 28.9 Å². The summed E-state index contributed by atoms with van der Waals surface area (Å²) in [6.45, 7) is 2.64. The highest BCUT2D eigenvalue weighted by atomic mass is 79.9. The summed E-state index contributed by atoms with van der Waals surface area (Å²) in [4.78, 5) is 0. The highest BCUT2D eigenvalue weighted by molar-refractivity contribution is 9.10. The quantitative estimate of drug-likeness (QED) is 0.944. The largest absolute Gasteiger partial charge is 0.382 e. The smallest absolute Gasteiger partial charge is 0.130 e. The Balaban J connectivity index is 2.35. The molecule has 1 unspecified atom stereocenters. The Bertz CT molecular complexity index is 544. The fourth-order valence-electron chi connectivity index (χ4n) is 1.75. The summed E-state index contributed by atoms with van der Waals surface area (Å²) >= 11 is 3.18. The first kappa shape index (κ1) is 13.2. The minimum atomic E-state index is -1.06. The highest BCUT2D eigenvalue weighted by Crippen LogP contribution is 2.25. The van der Waals surface area contributed by atoms with Gasteiger partial charge in [-0.3, -0.25) is 0 Å². The Hall–Kier alpha value is -1.27. The van der Waals surface area contributed by atoms with Gasteiger partial charge in [-0.15, -0.1) is 5.10 Å². The van der Waals surface area contributed by atoms with Crippen molar-refractivity contribution in [1.82, 2.24) is 15.0 Å². The fourth-order valence-corrected chi connectivity index (χ4v) is 2.08. The molecule has 2 rings (SSSR count). The van der Waals surface area contributed by atoms with Gasteiger partial charge in [0, 0.05) is 16.6 Å². The third-order valence-electron chi connectivity index (χ3n) is 2.62. The number of hydrogen-bond donors (Lipinski definition) is 1. The van der Waals surface area contributed by atoms with E-state index in [0.29, 0.717) is 16.7 Å². The Labute approximate surface area is 113 Å². The lowest BCUT2D eigenvalue weighted by molar-refractivity contribution is 0.202. The summed E-state index contributed by atoms with van der Waals surface area (Å²) in [5.74, 6) is -0.457. The molecule has 0 bridgehead atoms. The maximum atomic E-state index is 13.8. The number of benzene rings is 1. The van der Waals surface area contributed by atoms with Crippen molar-refractivity contribution in [2.75, 3.05) is 0 Å². The van der Waals surface area contributed by atoms with Crippen LogP contribution in [0.25, 0.3) is 0 Å². The predicted molar refractivity (Wildman–Crippen MR) is 68.5 cm³/mol. The molecular weight excluding hydrogens is 301 g/mol. The molecule has 1 atom stereocenters.